The molecule has 1 amide bonds. The van der Waals surface area contributed by atoms with Crippen LogP contribution in [0.25, 0.3) is 22.2 Å². The first-order valence-corrected chi connectivity index (χ1v) is 9.73. The number of fused-ring (bicyclic) bond motifs is 1. The van der Waals surface area contributed by atoms with Crippen LogP contribution in [0.1, 0.15) is 24.5 Å². The van der Waals surface area contributed by atoms with Crippen LogP contribution in [0, 0.1) is 12.7 Å². The lowest BCUT2D eigenvalue weighted by Crippen LogP contribution is -2.54. The van der Waals surface area contributed by atoms with Crippen LogP contribution < -0.4 is 5.32 Å². The van der Waals surface area contributed by atoms with E-state index in [4.69, 9.17) is 4.98 Å². The van der Waals surface area contributed by atoms with Crippen molar-refractivity contribution in [3.05, 3.63) is 65.5 Å². The molecule has 1 aromatic heterocycles. The molecule has 4 rings (SSSR count). The monoisotopic (exact) mass is 377 g/mol. The third-order valence-electron chi connectivity index (χ3n) is 5.37. The molecule has 1 N–H and O–H groups in total. The summed E-state index contributed by atoms with van der Waals surface area (Å²) in [5.74, 6) is -0.179. The standard InChI is InChI=1S/C23H24FN3O/c1-3-21-23(28)25-10-11-27(21)14-18-13-17-12-15(2)4-9-20(17)26-22(18)16-5-7-19(24)8-6-16/h4-9,12-13,21H,3,10-11,14H2,1-2H3,(H,25,28). The first-order valence-electron chi connectivity index (χ1n) is 9.73. The molecule has 4 nitrogen and oxygen atoms in total. The summed E-state index contributed by atoms with van der Waals surface area (Å²) in [6.07, 6.45) is 0.762. The number of piperazine rings is 1. The molecule has 1 aliphatic rings. The second-order valence-corrected chi connectivity index (χ2v) is 7.38. The Morgan fingerprint density at radius 2 is 1.96 bits per heavy atom. The maximum absolute atomic E-state index is 13.4. The zero-order valence-electron chi connectivity index (χ0n) is 16.2. The molecule has 28 heavy (non-hydrogen) atoms. The number of nitrogens with zero attached hydrogens (tertiary/aromatic N) is 2. The zero-order chi connectivity index (χ0) is 19.7. The molecular formula is C23H24FN3O. The highest BCUT2D eigenvalue weighted by atomic mass is 19.1. The van der Waals surface area contributed by atoms with E-state index in [1.807, 2.05) is 19.1 Å². The lowest BCUT2D eigenvalue weighted by Gasteiger charge is -2.34. The smallest absolute Gasteiger partial charge is 0.237 e. The molecule has 1 aliphatic heterocycles. The van der Waals surface area contributed by atoms with Gasteiger partial charge in [0.1, 0.15) is 5.82 Å². The number of carbonyl (C=O) groups excluding carboxylic acids is 1. The maximum atomic E-state index is 13.4. The highest BCUT2D eigenvalue weighted by Gasteiger charge is 2.28. The van der Waals surface area contributed by atoms with Crippen molar-refractivity contribution in [2.75, 3.05) is 13.1 Å². The van der Waals surface area contributed by atoms with Crippen molar-refractivity contribution in [1.29, 1.82) is 0 Å². The van der Waals surface area contributed by atoms with Gasteiger partial charge in [0.2, 0.25) is 5.91 Å². The van der Waals surface area contributed by atoms with Gasteiger partial charge in [-0.25, -0.2) is 9.37 Å². The van der Waals surface area contributed by atoms with E-state index in [1.165, 1.54) is 17.7 Å². The SMILES string of the molecule is CCC1C(=O)NCCN1Cc1cc2cc(C)ccc2nc1-c1ccc(F)cc1. The number of carbonyl (C=O) groups is 1. The Bertz CT molecular complexity index is 1020. The van der Waals surface area contributed by atoms with Gasteiger partial charge >= 0.3 is 0 Å². The predicted octanol–water partition coefficient (Wildman–Crippen LogP) is 4.06. The van der Waals surface area contributed by atoms with Crippen LogP contribution in [0.4, 0.5) is 4.39 Å². The highest BCUT2D eigenvalue weighted by Crippen LogP contribution is 2.28. The van der Waals surface area contributed by atoms with Crippen molar-refractivity contribution < 1.29 is 9.18 Å². The van der Waals surface area contributed by atoms with Gasteiger partial charge in [0.15, 0.2) is 0 Å². The van der Waals surface area contributed by atoms with Crippen molar-refractivity contribution >= 4 is 16.8 Å². The number of amides is 1. The molecule has 5 heteroatoms. The second-order valence-electron chi connectivity index (χ2n) is 7.38. The first kappa shape index (κ1) is 18.6. The van der Waals surface area contributed by atoms with E-state index in [9.17, 15) is 9.18 Å². The van der Waals surface area contributed by atoms with Gasteiger partial charge in [-0.15, -0.1) is 0 Å². The molecule has 144 valence electrons. The Hall–Kier alpha value is -2.79. The molecule has 1 atom stereocenters. The molecule has 1 saturated heterocycles. The topological polar surface area (TPSA) is 45.2 Å². The molecule has 1 unspecified atom stereocenters. The molecular weight excluding hydrogens is 353 g/mol. The fourth-order valence-corrected chi connectivity index (χ4v) is 3.93. The second kappa shape index (κ2) is 7.68. The van der Waals surface area contributed by atoms with E-state index in [-0.39, 0.29) is 17.8 Å². The predicted molar refractivity (Wildman–Crippen MR) is 109 cm³/mol. The van der Waals surface area contributed by atoms with Gasteiger partial charge in [-0.05, 0) is 61.4 Å². The normalized spacial score (nSPS) is 17.7. The Balaban J connectivity index is 1.81. The van der Waals surface area contributed by atoms with E-state index >= 15 is 0 Å². The number of aryl methyl sites for hydroxylation is 1. The van der Waals surface area contributed by atoms with Crippen LogP contribution in [0.3, 0.4) is 0 Å². The Kier molecular flexibility index (Phi) is 5.09. The summed E-state index contributed by atoms with van der Waals surface area (Å²) in [7, 11) is 0. The molecule has 2 heterocycles. The summed E-state index contributed by atoms with van der Waals surface area (Å²) in [5, 5.41) is 4.03. The third kappa shape index (κ3) is 3.62. The van der Waals surface area contributed by atoms with Gasteiger partial charge < -0.3 is 5.32 Å². The van der Waals surface area contributed by atoms with Crippen molar-refractivity contribution in [2.24, 2.45) is 0 Å². The average Bonchev–Trinajstić information content (AvgIpc) is 2.68. The summed E-state index contributed by atoms with van der Waals surface area (Å²) in [6.45, 7) is 6.19. The molecule has 0 bridgehead atoms. The number of hydrogen-bond donors (Lipinski definition) is 1. The highest BCUT2D eigenvalue weighted by molar-refractivity contribution is 5.84. The van der Waals surface area contributed by atoms with E-state index in [0.717, 1.165) is 40.7 Å². The van der Waals surface area contributed by atoms with Crippen molar-refractivity contribution in [2.45, 2.75) is 32.9 Å². The quantitative estimate of drug-likeness (QED) is 0.746. The number of aromatic nitrogens is 1. The van der Waals surface area contributed by atoms with Crippen molar-refractivity contribution in [1.82, 2.24) is 15.2 Å². The summed E-state index contributed by atoms with van der Waals surface area (Å²) in [5.41, 5.74) is 4.87. The Morgan fingerprint density at radius 3 is 2.71 bits per heavy atom. The van der Waals surface area contributed by atoms with Gasteiger partial charge in [-0.2, -0.15) is 0 Å². The molecule has 3 aromatic rings. The van der Waals surface area contributed by atoms with Crippen molar-refractivity contribution in [3.8, 4) is 11.3 Å². The van der Waals surface area contributed by atoms with Crippen LogP contribution in [-0.2, 0) is 11.3 Å². The minimum absolute atomic E-state index is 0.0849. The molecule has 0 saturated carbocycles. The van der Waals surface area contributed by atoms with Gasteiger partial charge in [-0.1, -0.05) is 18.6 Å². The number of pyridine rings is 1. The molecule has 0 radical (unpaired) electrons. The fraction of sp³-hybridized carbons (Fsp3) is 0.304. The van der Waals surface area contributed by atoms with Gasteiger partial charge in [-0.3, -0.25) is 9.69 Å². The lowest BCUT2D eigenvalue weighted by molar-refractivity contribution is -0.129. The lowest BCUT2D eigenvalue weighted by atomic mass is 10.0. The molecule has 0 spiro atoms. The number of hydrogen-bond acceptors (Lipinski definition) is 3. The number of rotatable bonds is 4. The fourth-order valence-electron chi connectivity index (χ4n) is 3.93. The largest absolute Gasteiger partial charge is 0.353 e. The number of halogens is 1. The van der Waals surface area contributed by atoms with Crippen LogP contribution in [0.5, 0.6) is 0 Å². The molecule has 0 aliphatic carbocycles. The minimum atomic E-state index is -0.263. The zero-order valence-corrected chi connectivity index (χ0v) is 16.2. The number of benzene rings is 2. The Morgan fingerprint density at radius 1 is 1.18 bits per heavy atom. The van der Waals surface area contributed by atoms with E-state index in [2.05, 4.69) is 29.3 Å². The summed E-state index contributed by atoms with van der Waals surface area (Å²) < 4.78 is 13.4. The van der Waals surface area contributed by atoms with Crippen LogP contribution in [0.2, 0.25) is 0 Å². The molecule has 1 fully saturated rings. The first-order chi connectivity index (χ1) is 13.5. The van der Waals surface area contributed by atoms with E-state index in [0.29, 0.717) is 13.1 Å². The minimum Gasteiger partial charge on any atom is -0.353 e. The van der Waals surface area contributed by atoms with E-state index < -0.39 is 0 Å². The average molecular weight is 377 g/mol. The van der Waals surface area contributed by atoms with Crippen LogP contribution in [0.15, 0.2) is 48.5 Å². The number of nitrogens with one attached hydrogen (secondary N) is 1. The summed E-state index contributed by atoms with van der Waals surface area (Å²) in [6, 6.07) is 14.7. The maximum Gasteiger partial charge on any atom is 0.237 e. The third-order valence-corrected chi connectivity index (χ3v) is 5.37. The summed E-state index contributed by atoms with van der Waals surface area (Å²) in [4.78, 5) is 19.4. The van der Waals surface area contributed by atoms with Crippen LogP contribution >= 0.6 is 0 Å². The van der Waals surface area contributed by atoms with Crippen molar-refractivity contribution in [3.63, 3.8) is 0 Å². The Labute approximate surface area is 164 Å². The van der Waals surface area contributed by atoms with Gasteiger partial charge in [0, 0.05) is 30.6 Å². The summed E-state index contributed by atoms with van der Waals surface area (Å²) >= 11 is 0. The van der Waals surface area contributed by atoms with Gasteiger partial charge in [0.25, 0.3) is 0 Å². The molecule has 2 aromatic carbocycles. The van der Waals surface area contributed by atoms with Gasteiger partial charge in [0.05, 0.1) is 17.3 Å². The van der Waals surface area contributed by atoms with Crippen LogP contribution in [-0.4, -0.2) is 34.9 Å². The van der Waals surface area contributed by atoms with E-state index in [1.54, 1.807) is 12.1 Å².